The second-order valence-corrected chi connectivity index (χ2v) is 7.18. The summed E-state index contributed by atoms with van der Waals surface area (Å²) in [5, 5.41) is 11.3. The maximum Gasteiger partial charge on any atom is 0.310 e. The summed E-state index contributed by atoms with van der Waals surface area (Å²) >= 11 is 0. The van der Waals surface area contributed by atoms with Crippen LogP contribution < -0.4 is 23.5 Å². The maximum absolute atomic E-state index is 11.6. The van der Waals surface area contributed by atoms with Crippen LogP contribution in [0.4, 0.5) is 0 Å². The average molecular weight is 394 g/mol. The lowest BCUT2D eigenvalue weighted by atomic mass is 9.89. The van der Waals surface area contributed by atoms with Gasteiger partial charge in [-0.3, -0.25) is 4.79 Å². The van der Waals surface area contributed by atoms with Gasteiger partial charge < -0.3 is 24.1 Å². The van der Waals surface area contributed by atoms with Gasteiger partial charge in [0, 0.05) is 17.9 Å². The number of pyridine rings is 1. The molecule has 3 heterocycles. The Kier molecular flexibility index (Phi) is 3.97. The van der Waals surface area contributed by atoms with Crippen molar-refractivity contribution in [2.45, 2.75) is 18.9 Å². The van der Waals surface area contributed by atoms with Gasteiger partial charge in [-0.1, -0.05) is 0 Å². The summed E-state index contributed by atoms with van der Waals surface area (Å²) in [5.74, 6) is 2.00. The monoisotopic (exact) mass is 394 g/mol. The van der Waals surface area contributed by atoms with Crippen molar-refractivity contribution in [2.75, 3.05) is 21.0 Å². The van der Waals surface area contributed by atoms with Gasteiger partial charge in [-0.25, -0.2) is 0 Å². The Hall–Kier alpha value is -3.48. The Morgan fingerprint density at radius 3 is 2.48 bits per heavy atom. The molecule has 2 aliphatic heterocycles. The van der Waals surface area contributed by atoms with Crippen molar-refractivity contribution in [1.29, 1.82) is 0 Å². The summed E-state index contributed by atoms with van der Waals surface area (Å²) in [5.41, 5.74) is 2.96. The first-order valence-corrected chi connectivity index (χ1v) is 9.33. The van der Waals surface area contributed by atoms with Crippen LogP contribution in [-0.4, -0.2) is 32.1 Å². The molecule has 1 aromatic heterocycles. The summed E-state index contributed by atoms with van der Waals surface area (Å²) < 4.78 is 24.2. The largest absolute Gasteiger partial charge is 0.496 e. The smallest absolute Gasteiger partial charge is 0.310 e. The van der Waals surface area contributed by atoms with Crippen molar-refractivity contribution in [3.8, 4) is 34.3 Å². The van der Waals surface area contributed by atoms with Crippen molar-refractivity contribution in [2.24, 2.45) is 0 Å². The molecule has 0 saturated heterocycles. The third-order valence-corrected chi connectivity index (χ3v) is 5.61. The molecule has 148 valence electrons. The molecule has 5 rings (SSSR count). The molecule has 0 bridgehead atoms. The number of aromatic nitrogens is 1. The average Bonchev–Trinajstić information content (AvgIpc) is 3.17. The molecule has 7 nitrogen and oxygen atoms in total. The van der Waals surface area contributed by atoms with Crippen molar-refractivity contribution in [1.82, 2.24) is 0 Å². The van der Waals surface area contributed by atoms with Gasteiger partial charge in [-0.15, -0.1) is 0 Å². The number of carbonyl (C=O) groups is 1. The van der Waals surface area contributed by atoms with Crippen LogP contribution in [0.25, 0.3) is 22.0 Å². The molecule has 0 radical (unpaired) electrons. The number of hydrogen-bond donors (Lipinski definition) is 1. The molecule has 0 fully saturated rings. The SMILES string of the molecule is COc1ccc(OC)c2c[n+]3c(cc12)-c1cc2c(cc1CC3CC(=O)O)OCO2. The molecule has 0 saturated carbocycles. The number of carboxylic acids is 1. The lowest BCUT2D eigenvalue weighted by molar-refractivity contribution is -0.712. The number of carboxylic acid groups (broad SMARTS) is 1. The molecule has 0 spiro atoms. The zero-order valence-corrected chi connectivity index (χ0v) is 16.1. The first-order chi connectivity index (χ1) is 14.1. The first kappa shape index (κ1) is 17.6. The topological polar surface area (TPSA) is 78.1 Å². The fourth-order valence-electron chi connectivity index (χ4n) is 4.29. The Labute approximate surface area is 167 Å². The van der Waals surface area contributed by atoms with E-state index in [4.69, 9.17) is 18.9 Å². The normalized spacial score (nSPS) is 16.3. The highest BCUT2D eigenvalue weighted by Gasteiger charge is 2.36. The number of fused-ring (bicyclic) bond motifs is 5. The van der Waals surface area contributed by atoms with Crippen LogP contribution in [0.1, 0.15) is 18.0 Å². The fourth-order valence-corrected chi connectivity index (χ4v) is 4.29. The van der Waals surface area contributed by atoms with E-state index in [-0.39, 0.29) is 19.3 Å². The number of benzene rings is 2. The summed E-state index contributed by atoms with van der Waals surface area (Å²) in [7, 11) is 3.25. The minimum Gasteiger partial charge on any atom is -0.496 e. The number of aliphatic carboxylic acids is 1. The van der Waals surface area contributed by atoms with Gasteiger partial charge in [0.25, 0.3) is 0 Å². The van der Waals surface area contributed by atoms with E-state index < -0.39 is 5.97 Å². The molecule has 1 N–H and O–H groups in total. The second-order valence-electron chi connectivity index (χ2n) is 7.18. The molecular weight excluding hydrogens is 374 g/mol. The number of methoxy groups -OCH3 is 2. The Morgan fingerprint density at radius 1 is 1.10 bits per heavy atom. The van der Waals surface area contributed by atoms with Crippen molar-refractivity contribution >= 4 is 16.7 Å². The Balaban J connectivity index is 1.81. The molecule has 0 amide bonds. The van der Waals surface area contributed by atoms with E-state index >= 15 is 0 Å². The summed E-state index contributed by atoms with van der Waals surface area (Å²) in [6, 6.07) is 9.47. The quantitative estimate of drug-likeness (QED) is 0.685. The minimum absolute atomic E-state index is 0.0172. The molecule has 1 unspecified atom stereocenters. The van der Waals surface area contributed by atoms with E-state index in [1.807, 2.05) is 41.1 Å². The van der Waals surface area contributed by atoms with Crippen LogP contribution in [0.2, 0.25) is 0 Å². The Bertz CT molecular complexity index is 1160. The predicted octanol–water partition coefficient (Wildman–Crippen LogP) is 3.11. The van der Waals surface area contributed by atoms with Crippen molar-refractivity contribution in [3.63, 3.8) is 0 Å². The lowest BCUT2D eigenvalue weighted by Crippen LogP contribution is -2.46. The highest BCUT2D eigenvalue weighted by atomic mass is 16.7. The molecule has 7 heteroatoms. The van der Waals surface area contributed by atoms with E-state index in [1.165, 1.54) is 0 Å². The van der Waals surface area contributed by atoms with E-state index in [0.717, 1.165) is 33.3 Å². The van der Waals surface area contributed by atoms with Crippen LogP contribution >= 0.6 is 0 Å². The number of nitrogens with zero attached hydrogens (tertiary/aromatic N) is 1. The van der Waals surface area contributed by atoms with Gasteiger partial charge in [-0.2, -0.15) is 4.57 Å². The second kappa shape index (κ2) is 6.55. The molecule has 1 atom stereocenters. The van der Waals surface area contributed by atoms with E-state index in [1.54, 1.807) is 14.2 Å². The number of rotatable bonds is 4. The lowest BCUT2D eigenvalue weighted by Gasteiger charge is -2.23. The van der Waals surface area contributed by atoms with Gasteiger partial charge in [0.2, 0.25) is 12.5 Å². The zero-order valence-electron chi connectivity index (χ0n) is 16.1. The number of ether oxygens (including phenoxy) is 4. The van der Waals surface area contributed by atoms with Crippen LogP contribution in [-0.2, 0) is 11.2 Å². The van der Waals surface area contributed by atoms with Gasteiger partial charge in [0.05, 0.1) is 25.2 Å². The van der Waals surface area contributed by atoms with Gasteiger partial charge >= 0.3 is 5.97 Å². The molecule has 2 aromatic carbocycles. The highest BCUT2D eigenvalue weighted by Crippen LogP contribution is 2.43. The molecule has 29 heavy (non-hydrogen) atoms. The van der Waals surface area contributed by atoms with Gasteiger partial charge in [-0.05, 0) is 29.8 Å². The zero-order chi connectivity index (χ0) is 20.1. The van der Waals surface area contributed by atoms with Crippen LogP contribution in [0.3, 0.4) is 0 Å². The van der Waals surface area contributed by atoms with Crippen molar-refractivity contribution < 1.29 is 33.4 Å². The summed E-state index contributed by atoms with van der Waals surface area (Å²) in [6.07, 6.45) is 2.57. The fraction of sp³-hybridized carbons (Fsp3) is 0.273. The third kappa shape index (κ3) is 2.73. The molecule has 3 aromatic rings. The minimum atomic E-state index is -0.838. The summed E-state index contributed by atoms with van der Waals surface area (Å²) in [4.78, 5) is 11.6. The predicted molar refractivity (Wildman–Crippen MR) is 104 cm³/mol. The van der Waals surface area contributed by atoms with Crippen LogP contribution in [0.5, 0.6) is 23.0 Å². The number of hydrogen-bond acceptors (Lipinski definition) is 5. The van der Waals surface area contributed by atoms with Crippen LogP contribution in [0, 0.1) is 0 Å². The van der Waals surface area contributed by atoms with Crippen molar-refractivity contribution in [3.05, 3.63) is 42.1 Å². The van der Waals surface area contributed by atoms with E-state index in [0.29, 0.717) is 23.7 Å². The molecular formula is C22H20NO6+. The molecule has 2 aliphatic rings. The Morgan fingerprint density at radius 2 is 1.79 bits per heavy atom. The molecule has 0 aliphatic carbocycles. The van der Waals surface area contributed by atoms with Crippen LogP contribution in [0.15, 0.2) is 36.5 Å². The first-order valence-electron chi connectivity index (χ1n) is 9.33. The maximum atomic E-state index is 11.6. The standard InChI is InChI=1S/C22H19NO6/c1-26-18-3-4-19(27-2)16-10-23-13(7-22(24)25)5-12-6-20-21(29-11-28-20)9-14(12)17(23)8-15(16)18/h3-4,6,8-10,13H,5,7,11H2,1-2H3/p+1. The van der Waals surface area contributed by atoms with E-state index in [2.05, 4.69) is 0 Å². The van der Waals surface area contributed by atoms with E-state index in [9.17, 15) is 9.90 Å². The van der Waals surface area contributed by atoms with Gasteiger partial charge in [0.1, 0.15) is 17.9 Å². The third-order valence-electron chi connectivity index (χ3n) is 5.61. The highest BCUT2D eigenvalue weighted by molar-refractivity contribution is 5.94. The van der Waals surface area contributed by atoms with Gasteiger partial charge in [0.15, 0.2) is 23.7 Å². The summed E-state index contributed by atoms with van der Waals surface area (Å²) in [6.45, 7) is 0.194.